The third-order valence-corrected chi connectivity index (χ3v) is 5.60. The number of nitrogens with zero attached hydrogens (tertiary/aromatic N) is 2. The van der Waals surface area contributed by atoms with Gasteiger partial charge in [0.05, 0.1) is 5.69 Å². The highest BCUT2D eigenvalue weighted by molar-refractivity contribution is 5.71. The third-order valence-electron chi connectivity index (χ3n) is 5.60. The van der Waals surface area contributed by atoms with E-state index in [4.69, 9.17) is 0 Å². The molecule has 1 aromatic carbocycles. The van der Waals surface area contributed by atoms with Gasteiger partial charge in [0.15, 0.2) is 0 Å². The fraction of sp³-hybridized carbons (Fsp3) is 0.409. The van der Waals surface area contributed by atoms with Crippen molar-refractivity contribution >= 4 is 5.57 Å². The lowest BCUT2D eigenvalue weighted by Gasteiger charge is -2.32. The van der Waals surface area contributed by atoms with Gasteiger partial charge in [0, 0.05) is 12.2 Å². The summed E-state index contributed by atoms with van der Waals surface area (Å²) in [6.07, 6.45) is 4.83. The van der Waals surface area contributed by atoms with Crippen LogP contribution >= 0.6 is 0 Å². The van der Waals surface area contributed by atoms with Crippen molar-refractivity contribution in [1.29, 1.82) is 0 Å². The van der Waals surface area contributed by atoms with Crippen molar-refractivity contribution in [2.45, 2.75) is 45.1 Å². The number of likely N-dealkylation sites (tertiary alicyclic amines) is 1. The van der Waals surface area contributed by atoms with Gasteiger partial charge in [0.2, 0.25) is 0 Å². The predicted octanol–water partition coefficient (Wildman–Crippen LogP) is 4.73. The number of aryl methyl sites for hydroxylation is 2. The summed E-state index contributed by atoms with van der Waals surface area (Å²) in [6, 6.07) is 13.4. The van der Waals surface area contributed by atoms with Crippen molar-refractivity contribution < 1.29 is 0 Å². The van der Waals surface area contributed by atoms with Crippen molar-refractivity contribution in [3.63, 3.8) is 0 Å². The van der Waals surface area contributed by atoms with E-state index in [1.807, 2.05) is 0 Å². The van der Waals surface area contributed by atoms with Gasteiger partial charge in [-0.15, -0.1) is 0 Å². The maximum Gasteiger partial charge on any atom is 0.0547 e. The van der Waals surface area contributed by atoms with Crippen LogP contribution in [0, 0.1) is 6.92 Å². The molecule has 0 amide bonds. The molecule has 1 aliphatic carbocycles. The molecular formula is C22H26N2. The second-order valence-electron chi connectivity index (χ2n) is 7.34. The van der Waals surface area contributed by atoms with E-state index in [0.29, 0.717) is 5.92 Å². The fourth-order valence-electron chi connectivity index (χ4n) is 4.18. The summed E-state index contributed by atoms with van der Waals surface area (Å²) in [5, 5.41) is 0. The average molecular weight is 318 g/mol. The van der Waals surface area contributed by atoms with E-state index in [1.54, 1.807) is 0 Å². The van der Waals surface area contributed by atoms with Crippen LogP contribution in [0.3, 0.4) is 0 Å². The van der Waals surface area contributed by atoms with Crippen LogP contribution in [-0.2, 0) is 13.0 Å². The summed E-state index contributed by atoms with van der Waals surface area (Å²) in [7, 11) is 0. The van der Waals surface area contributed by atoms with E-state index < -0.39 is 0 Å². The maximum atomic E-state index is 4.64. The third kappa shape index (κ3) is 3.16. The maximum absolute atomic E-state index is 4.64. The van der Waals surface area contributed by atoms with E-state index in [0.717, 1.165) is 18.7 Å². The van der Waals surface area contributed by atoms with E-state index in [9.17, 15) is 0 Å². The lowest BCUT2D eigenvalue weighted by Crippen LogP contribution is -2.32. The SMILES string of the molecule is C=C1CCc2cc(C3CCN(Cc4cccc(C)n4)CC3)ccc21. The minimum atomic E-state index is 0.714. The van der Waals surface area contributed by atoms with E-state index >= 15 is 0 Å². The molecule has 2 heteroatoms. The quantitative estimate of drug-likeness (QED) is 0.813. The van der Waals surface area contributed by atoms with Gasteiger partial charge in [-0.1, -0.05) is 30.8 Å². The average Bonchev–Trinajstić information content (AvgIpc) is 2.96. The Balaban J connectivity index is 1.39. The highest BCUT2D eigenvalue weighted by atomic mass is 15.1. The molecule has 24 heavy (non-hydrogen) atoms. The zero-order chi connectivity index (χ0) is 16.5. The normalized spacial score (nSPS) is 18.8. The Kier molecular flexibility index (Phi) is 4.24. The minimum absolute atomic E-state index is 0.714. The molecule has 1 saturated heterocycles. The number of piperidine rings is 1. The summed E-state index contributed by atoms with van der Waals surface area (Å²) < 4.78 is 0. The Morgan fingerprint density at radius 1 is 1.12 bits per heavy atom. The molecule has 2 heterocycles. The second-order valence-corrected chi connectivity index (χ2v) is 7.34. The molecule has 1 aromatic heterocycles. The molecule has 0 spiro atoms. The number of allylic oxidation sites excluding steroid dienone is 1. The van der Waals surface area contributed by atoms with Crippen LogP contribution < -0.4 is 0 Å². The number of rotatable bonds is 3. The van der Waals surface area contributed by atoms with E-state index in [1.165, 1.54) is 60.3 Å². The monoisotopic (exact) mass is 318 g/mol. The van der Waals surface area contributed by atoms with Gasteiger partial charge < -0.3 is 0 Å². The zero-order valence-electron chi connectivity index (χ0n) is 14.6. The summed E-state index contributed by atoms with van der Waals surface area (Å²) in [5.41, 5.74) is 8.09. The summed E-state index contributed by atoms with van der Waals surface area (Å²) in [4.78, 5) is 7.19. The number of benzene rings is 1. The predicted molar refractivity (Wildman–Crippen MR) is 100 cm³/mol. The van der Waals surface area contributed by atoms with Gasteiger partial charge in [0.1, 0.15) is 0 Å². The summed E-state index contributed by atoms with van der Waals surface area (Å²) in [6.45, 7) is 9.57. The first kappa shape index (κ1) is 15.6. The van der Waals surface area contributed by atoms with Crippen molar-refractivity contribution in [2.75, 3.05) is 13.1 Å². The molecule has 0 unspecified atom stereocenters. The van der Waals surface area contributed by atoms with Gasteiger partial charge in [-0.05, 0) is 86.0 Å². The number of aromatic nitrogens is 1. The molecule has 2 nitrogen and oxygen atoms in total. The Hall–Kier alpha value is -1.93. The number of pyridine rings is 1. The first-order valence-corrected chi connectivity index (χ1v) is 9.15. The highest BCUT2D eigenvalue weighted by Crippen LogP contribution is 2.35. The molecule has 2 aliphatic rings. The molecule has 0 N–H and O–H groups in total. The Bertz CT molecular complexity index is 754. The van der Waals surface area contributed by atoms with Crippen LogP contribution in [0.15, 0.2) is 43.0 Å². The van der Waals surface area contributed by atoms with Gasteiger partial charge in [0.25, 0.3) is 0 Å². The second kappa shape index (κ2) is 6.52. The molecule has 0 bridgehead atoms. The van der Waals surface area contributed by atoms with Gasteiger partial charge in [-0.2, -0.15) is 0 Å². The fourth-order valence-corrected chi connectivity index (χ4v) is 4.18. The van der Waals surface area contributed by atoms with Crippen LogP contribution in [0.4, 0.5) is 0 Å². The standard InChI is InChI=1S/C22H26N2/c1-16-6-7-20-14-19(8-9-22(16)20)18-10-12-24(13-11-18)15-21-5-3-4-17(2)23-21/h3-5,8-9,14,18H,1,6-7,10-13,15H2,2H3. The molecular weight excluding hydrogens is 292 g/mol. The van der Waals surface area contributed by atoms with Crippen molar-refractivity contribution in [3.05, 3.63) is 71.1 Å². The van der Waals surface area contributed by atoms with Crippen molar-refractivity contribution in [3.8, 4) is 0 Å². The van der Waals surface area contributed by atoms with Crippen LogP contribution in [-0.4, -0.2) is 23.0 Å². The van der Waals surface area contributed by atoms with Crippen molar-refractivity contribution in [1.82, 2.24) is 9.88 Å². The summed E-state index contributed by atoms with van der Waals surface area (Å²) >= 11 is 0. The molecule has 4 rings (SSSR count). The van der Waals surface area contributed by atoms with Crippen LogP contribution in [0.25, 0.3) is 5.57 Å². The highest BCUT2D eigenvalue weighted by Gasteiger charge is 2.23. The van der Waals surface area contributed by atoms with Crippen molar-refractivity contribution in [2.24, 2.45) is 0 Å². The van der Waals surface area contributed by atoms with Gasteiger partial charge in [-0.25, -0.2) is 0 Å². The van der Waals surface area contributed by atoms with Crippen LogP contribution in [0.5, 0.6) is 0 Å². The molecule has 0 radical (unpaired) electrons. The molecule has 0 atom stereocenters. The van der Waals surface area contributed by atoms with Crippen LogP contribution in [0.2, 0.25) is 0 Å². The van der Waals surface area contributed by atoms with E-state index in [2.05, 4.69) is 59.8 Å². The van der Waals surface area contributed by atoms with Crippen LogP contribution in [0.1, 0.15) is 53.3 Å². The first-order chi connectivity index (χ1) is 11.7. The first-order valence-electron chi connectivity index (χ1n) is 9.15. The Labute approximate surface area is 145 Å². The molecule has 0 saturated carbocycles. The minimum Gasteiger partial charge on any atom is -0.297 e. The number of fused-ring (bicyclic) bond motifs is 1. The topological polar surface area (TPSA) is 16.1 Å². The molecule has 1 fully saturated rings. The molecule has 2 aromatic rings. The lowest BCUT2D eigenvalue weighted by molar-refractivity contribution is 0.202. The van der Waals surface area contributed by atoms with E-state index in [-0.39, 0.29) is 0 Å². The largest absolute Gasteiger partial charge is 0.297 e. The van der Waals surface area contributed by atoms with Gasteiger partial charge in [-0.3, -0.25) is 9.88 Å². The lowest BCUT2D eigenvalue weighted by atomic mass is 9.87. The zero-order valence-corrected chi connectivity index (χ0v) is 14.6. The number of hydrogen-bond acceptors (Lipinski definition) is 2. The smallest absolute Gasteiger partial charge is 0.0547 e. The molecule has 124 valence electrons. The number of hydrogen-bond donors (Lipinski definition) is 0. The molecule has 1 aliphatic heterocycles. The summed E-state index contributed by atoms with van der Waals surface area (Å²) in [5.74, 6) is 0.714. The van der Waals surface area contributed by atoms with Gasteiger partial charge >= 0.3 is 0 Å². The Morgan fingerprint density at radius 2 is 1.96 bits per heavy atom. The Morgan fingerprint density at radius 3 is 2.75 bits per heavy atom.